The zero-order valence-corrected chi connectivity index (χ0v) is 17.2. The average Bonchev–Trinajstić information content (AvgIpc) is 2.83. The number of ether oxygens (including phenoxy) is 1. The van der Waals surface area contributed by atoms with Gasteiger partial charge < -0.3 is 14.5 Å². The lowest BCUT2D eigenvalue weighted by atomic mass is 10.0. The van der Waals surface area contributed by atoms with Gasteiger partial charge in [-0.05, 0) is 29.3 Å². The normalized spacial score (nSPS) is 14.5. The topological polar surface area (TPSA) is 32.8 Å². The van der Waals surface area contributed by atoms with Crippen molar-refractivity contribution >= 4 is 23.2 Å². The van der Waals surface area contributed by atoms with Gasteiger partial charge in [-0.1, -0.05) is 72.8 Å². The van der Waals surface area contributed by atoms with Crippen LogP contribution in [-0.2, 0) is 4.79 Å². The van der Waals surface area contributed by atoms with Gasteiger partial charge in [0.25, 0.3) is 5.91 Å². The first-order valence-electron chi connectivity index (χ1n) is 10.3. The van der Waals surface area contributed by atoms with Crippen LogP contribution in [0.3, 0.4) is 0 Å². The SMILES string of the molecule is COc1ccccc1N1CCN(C(=O)/C(=C/c2ccccc2)c2ccccc2)CC1. The minimum absolute atomic E-state index is 0.0738. The van der Waals surface area contributed by atoms with Crippen LogP contribution >= 0.6 is 0 Å². The number of benzene rings is 3. The number of nitrogens with zero attached hydrogens (tertiary/aromatic N) is 2. The maximum absolute atomic E-state index is 13.5. The molecule has 4 nitrogen and oxygen atoms in total. The van der Waals surface area contributed by atoms with Crippen molar-refractivity contribution in [2.45, 2.75) is 0 Å². The summed E-state index contributed by atoms with van der Waals surface area (Å²) in [5.74, 6) is 0.941. The highest BCUT2D eigenvalue weighted by Gasteiger charge is 2.25. The van der Waals surface area contributed by atoms with Crippen molar-refractivity contribution in [3.63, 3.8) is 0 Å². The van der Waals surface area contributed by atoms with E-state index >= 15 is 0 Å². The molecule has 0 unspecified atom stereocenters. The van der Waals surface area contributed by atoms with E-state index in [2.05, 4.69) is 11.0 Å². The molecule has 0 N–H and O–H groups in total. The molecular formula is C26H26N2O2. The molecule has 1 saturated heterocycles. The van der Waals surface area contributed by atoms with Gasteiger partial charge in [0.2, 0.25) is 0 Å². The van der Waals surface area contributed by atoms with Gasteiger partial charge >= 0.3 is 0 Å². The molecular weight excluding hydrogens is 372 g/mol. The first kappa shape index (κ1) is 19.8. The summed E-state index contributed by atoms with van der Waals surface area (Å²) in [6, 6.07) is 28.0. The summed E-state index contributed by atoms with van der Waals surface area (Å²) in [6.07, 6.45) is 1.99. The van der Waals surface area contributed by atoms with Crippen molar-refractivity contribution in [1.29, 1.82) is 0 Å². The van der Waals surface area contributed by atoms with Gasteiger partial charge in [-0.15, -0.1) is 0 Å². The van der Waals surface area contributed by atoms with Crippen LogP contribution in [0.4, 0.5) is 5.69 Å². The Balaban J connectivity index is 1.54. The fourth-order valence-corrected chi connectivity index (χ4v) is 3.81. The molecule has 0 aromatic heterocycles. The number of hydrogen-bond acceptors (Lipinski definition) is 3. The molecule has 4 heteroatoms. The summed E-state index contributed by atoms with van der Waals surface area (Å²) in [6.45, 7) is 2.91. The van der Waals surface area contributed by atoms with Gasteiger partial charge in [-0.3, -0.25) is 4.79 Å². The Hall–Kier alpha value is -3.53. The summed E-state index contributed by atoms with van der Waals surface area (Å²) in [4.78, 5) is 17.7. The first-order valence-corrected chi connectivity index (χ1v) is 10.3. The van der Waals surface area contributed by atoms with E-state index in [1.807, 2.05) is 89.8 Å². The number of rotatable bonds is 5. The average molecular weight is 399 g/mol. The van der Waals surface area contributed by atoms with Gasteiger partial charge in [0.05, 0.1) is 12.8 Å². The van der Waals surface area contributed by atoms with E-state index in [9.17, 15) is 4.79 Å². The molecule has 0 radical (unpaired) electrons. The van der Waals surface area contributed by atoms with E-state index in [1.165, 1.54) is 0 Å². The van der Waals surface area contributed by atoms with Crippen molar-refractivity contribution in [2.24, 2.45) is 0 Å². The molecule has 0 aliphatic carbocycles. The Morgan fingerprint density at radius 1 is 0.800 bits per heavy atom. The summed E-state index contributed by atoms with van der Waals surface area (Å²) in [7, 11) is 1.69. The molecule has 152 valence electrons. The Labute approximate surface area is 178 Å². The molecule has 0 atom stereocenters. The van der Waals surface area contributed by atoms with Crippen molar-refractivity contribution < 1.29 is 9.53 Å². The number of para-hydroxylation sites is 2. The Morgan fingerprint density at radius 2 is 1.40 bits per heavy atom. The molecule has 1 aliphatic heterocycles. The van der Waals surface area contributed by atoms with E-state index < -0.39 is 0 Å². The molecule has 1 heterocycles. The smallest absolute Gasteiger partial charge is 0.254 e. The molecule has 0 bridgehead atoms. The lowest BCUT2D eigenvalue weighted by molar-refractivity contribution is -0.125. The second kappa shape index (κ2) is 9.31. The van der Waals surface area contributed by atoms with Crippen LogP contribution in [0.1, 0.15) is 11.1 Å². The molecule has 1 aliphatic rings. The highest BCUT2D eigenvalue weighted by Crippen LogP contribution is 2.29. The Kier molecular flexibility index (Phi) is 6.14. The van der Waals surface area contributed by atoms with E-state index in [4.69, 9.17) is 4.74 Å². The fraction of sp³-hybridized carbons (Fsp3) is 0.192. The van der Waals surface area contributed by atoms with Crippen molar-refractivity contribution in [1.82, 2.24) is 4.90 Å². The molecule has 0 saturated carbocycles. The van der Waals surface area contributed by atoms with Crippen LogP contribution in [0, 0.1) is 0 Å². The van der Waals surface area contributed by atoms with Crippen LogP contribution in [0.15, 0.2) is 84.9 Å². The second-order valence-corrected chi connectivity index (χ2v) is 7.29. The van der Waals surface area contributed by atoms with Gasteiger partial charge in [0.1, 0.15) is 5.75 Å². The van der Waals surface area contributed by atoms with Crippen molar-refractivity contribution in [3.8, 4) is 5.75 Å². The predicted octanol–water partition coefficient (Wildman–Crippen LogP) is 4.58. The van der Waals surface area contributed by atoms with Gasteiger partial charge in [0.15, 0.2) is 0 Å². The van der Waals surface area contributed by atoms with E-state index in [0.29, 0.717) is 13.1 Å². The maximum atomic E-state index is 13.5. The lowest BCUT2D eigenvalue weighted by Gasteiger charge is -2.37. The third kappa shape index (κ3) is 4.38. The molecule has 4 rings (SSSR count). The number of carbonyl (C=O) groups is 1. The minimum Gasteiger partial charge on any atom is -0.495 e. The second-order valence-electron chi connectivity index (χ2n) is 7.29. The third-order valence-corrected chi connectivity index (χ3v) is 5.42. The Bertz CT molecular complexity index is 1010. The largest absolute Gasteiger partial charge is 0.495 e. The van der Waals surface area contributed by atoms with Gasteiger partial charge in [-0.2, -0.15) is 0 Å². The van der Waals surface area contributed by atoms with Gasteiger partial charge in [-0.25, -0.2) is 0 Å². The number of anilines is 1. The predicted molar refractivity (Wildman–Crippen MR) is 123 cm³/mol. The quantitative estimate of drug-likeness (QED) is 0.466. The molecule has 3 aromatic rings. The fourth-order valence-electron chi connectivity index (χ4n) is 3.81. The standard InChI is InChI=1S/C26H26N2O2/c1-30-25-15-9-8-14-24(25)27-16-18-28(19-17-27)26(29)23(22-12-6-3-7-13-22)20-21-10-4-2-5-11-21/h2-15,20H,16-19H2,1H3/b23-20+. The summed E-state index contributed by atoms with van der Waals surface area (Å²) in [5, 5.41) is 0. The van der Waals surface area contributed by atoms with Crippen molar-refractivity contribution in [3.05, 3.63) is 96.1 Å². The van der Waals surface area contributed by atoms with Crippen LogP contribution in [0.5, 0.6) is 5.75 Å². The highest BCUT2D eigenvalue weighted by atomic mass is 16.5. The van der Waals surface area contributed by atoms with E-state index in [0.717, 1.165) is 41.2 Å². The molecule has 30 heavy (non-hydrogen) atoms. The maximum Gasteiger partial charge on any atom is 0.254 e. The van der Waals surface area contributed by atoms with E-state index in [-0.39, 0.29) is 5.91 Å². The zero-order valence-electron chi connectivity index (χ0n) is 17.2. The molecule has 1 fully saturated rings. The summed E-state index contributed by atoms with van der Waals surface area (Å²) < 4.78 is 5.50. The number of amides is 1. The lowest BCUT2D eigenvalue weighted by Crippen LogP contribution is -2.49. The third-order valence-electron chi connectivity index (χ3n) is 5.42. The summed E-state index contributed by atoms with van der Waals surface area (Å²) >= 11 is 0. The highest BCUT2D eigenvalue weighted by molar-refractivity contribution is 6.24. The van der Waals surface area contributed by atoms with Crippen LogP contribution in [-0.4, -0.2) is 44.1 Å². The number of hydrogen-bond donors (Lipinski definition) is 0. The van der Waals surface area contributed by atoms with Crippen molar-refractivity contribution in [2.75, 3.05) is 38.2 Å². The Morgan fingerprint density at radius 3 is 2.07 bits per heavy atom. The number of piperazine rings is 1. The molecule has 0 spiro atoms. The molecule has 3 aromatic carbocycles. The zero-order chi connectivity index (χ0) is 20.8. The summed E-state index contributed by atoms with van der Waals surface area (Å²) in [5.41, 5.74) is 3.78. The number of carbonyl (C=O) groups excluding carboxylic acids is 1. The molecule has 1 amide bonds. The van der Waals surface area contributed by atoms with Gasteiger partial charge in [0, 0.05) is 31.8 Å². The van der Waals surface area contributed by atoms with Crippen LogP contribution < -0.4 is 9.64 Å². The minimum atomic E-state index is 0.0738. The van der Waals surface area contributed by atoms with Crippen LogP contribution in [0.25, 0.3) is 11.6 Å². The first-order chi connectivity index (χ1) is 14.8. The van der Waals surface area contributed by atoms with Crippen LogP contribution in [0.2, 0.25) is 0 Å². The van der Waals surface area contributed by atoms with E-state index in [1.54, 1.807) is 7.11 Å². The monoisotopic (exact) mass is 398 g/mol. The number of methoxy groups -OCH3 is 1.